The Labute approximate surface area is 117 Å². The maximum Gasteiger partial charge on any atom is 0.236 e. The first-order valence-corrected chi connectivity index (χ1v) is 6.84. The van der Waals surface area contributed by atoms with Gasteiger partial charge in [0.05, 0.1) is 6.54 Å². The molecule has 1 fully saturated rings. The molecule has 0 aromatic heterocycles. The van der Waals surface area contributed by atoms with Gasteiger partial charge in [0.2, 0.25) is 12.7 Å². The molecule has 6 heteroatoms. The first-order valence-electron chi connectivity index (χ1n) is 6.84. The normalized spacial score (nSPS) is 16.7. The van der Waals surface area contributed by atoms with Gasteiger partial charge in [0.1, 0.15) is 5.75 Å². The van der Waals surface area contributed by atoms with Crippen molar-refractivity contribution in [2.75, 3.05) is 26.4 Å². The van der Waals surface area contributed by atoms with Crippen LogP contribution in [0.4, 0.5) is 0 Å². The topological polar surface area (TPSA) is 71.0 Å². The lowest BCUT2D eigenvalue weighted by Crippen LogP contribution is -2.35. The van der Waals surface area contributed by atoms with Gasteiger partial charge in [-0.2, -0.15) is 0 Å². The summed E-state index contributed by atoms with van der Waals surface area (Å²) in [7, 11) is 0. The standard InChI is InChI=1S/C14H18N2O4/c17-11-6-13-12(19-9-20-13)5-10(11)7-15-8-14(18)16-3-1-2-4-16/h5-6,15,17H,1-4,7-9H2. The van der Waals surface area contributed by atoms with E-state index in [2.05, 4.69) is 5.32 Å². The Bertz CT molecular complexity index is 512. The van der Waals surface area contributed by atoms with Gasteiger partial charge in [-0.1, -0.05) is 0 Å². The zero-order valence-electron chi connectivity index (χ0n) is 11.2. The molecule has 0 unspecified atom stereocenters. The van der Waals surface area contributed by atoms with Crippen molar-refractivity contribution < 1.29 is 19.4 Å². The number of benzene rings is 1. The lowest BCUT2D eigenvalue weighted by atomic mass is 10.1. The van der Waals surface area contributed by atoms with Gasteiger partial charge in [0, 0.05) is 31.3 Å². The van der Waals surface area contributed by atoms with Crippen molar-refractivity contribution in [2.45, 2.75) is 19.4 Å². The summed E-state index contributed by atoms with van der Waals surface area (Å²) in [6, 6.07) is 3.28. The number of nitrogens with one attached hydrogen (secondary N) is 1. The molecule has 0 spiro atoms. The molecule has 1 saturated heterocycles. The Hall–Kier alpha value is -1.95. The maximum absolute atomic E-state index is 11.9. The molecule has 0 atom stereocenters. The quantitative estimate of drug-likeness (QED) is 0.853. The predicted molar refractivity (Wildman–Crippen MR) is 71.8 cm³/mol. The van der Waals surface area contributed by atoms with E-state index in [1.807, 2.05) is 4.90 Å². The largest absolute Gasteiger partial charge is 0.507 e. The number of phenols is 1. The summed E-state index contributed by atoms with van der Waals surface area (Å²) < 4.78 is 10.4. The number of hydrogen-bond acceptors (Lipinski definition) is 5. The summed E-state index contributed by atoms with van der Waals surface area (Å²) in [5.74, 6) is 1.45. The van der Waals surface area contributed by atoms with E-state index in [-0.39, 0.29) is 25.0 Å². The van der Waals surface area contributed by atoms with Crippen molar-refractivity contribution in [3.05, 3.63) is 17.7 Å². The molecule has 2 N–H and O–H groups in total. The van der Waals surface area contributed by atoms with E-state index in [4.69, 9.17) is 9.47 Å². The molecule has 0 aliphatic carbocycles. The number of hydrogen-bond donors (Lipinski definition) is 2. The minimum absolute atomic E-state index is 0.114. The van der Waals surface area contributed by atoms with Gasteiger partial charge in [-0.15, -0.1) is 0 Å². The number of rotatable bonds is 4. The molecule has 1 amide bonds. The van der Waals surface area contributed by atoms with Crippen LogP contribution in [0.2, 0.25) is 0 Å². The average Bonchev–Trinajstić information content (AvgIpc) is 3.08. The van der Waals surface area contributed by atoms with Crippen molar-refractivity contribution >= 4 is 5.91 Å². The maximum atomic E-state index is 11.9. The van der Waals surface area contributed by atoms with Crippen molar-refractivity contribution in [1.82, 2.24) is 10.2 Å². The van der Waals surface area contributed by atoms with Crippen LogP contribution in [0.15, 0.2) is 12.1 Å². The number of ether oxygens (including phenoxy) is 2. The predicted octanol–water partition coefficient (Wildman–Crippen LogP) is 0.833. The molecule has 2 aliphatic rings. The summed E-state index contributed by atoms with van der Waals surface area (Å²) >= 11 is 0. The third-order valence-corrected chi connectivity index (χ3v) is 3.62. The van der Waals surface area contributed by atoms with Crippen LogP contribution in [0.3, 0.4) is 0 Å². The fourth-order valence-electron chi connectivity index (χ4n) is 2.50. The molecular weight excluding hydrogens is 260 g/mol. The van der Waals surface area contributed by atoms with Gasteiger partial charge in [-0.3, -0.25) is 4.79 Å². The van der Waals surface area contributed by atoms with Crippen molar-refractivity contribution in [3.8, 4) is 17.2 Å². The molecule has 1 aromatic rings. The highest BCUT2D eigenvalue weighted by molar-refractivity contribution is 5.78. The number of phenolic OH excluding ortho intramolecular Hbond substituents is 1. The molecule has 2 aliphatic heterocycles. The first-order chi connectivity index (χ1) is 9.74. The zero-order chi connectivity index (χ0) is 13.9. The van der Waals surface area contributed by atoms with E-state index in [0.29, 0.717) is 23.6 Å². The van der Waals surface area contributed by atoms with E-state index < -0.39 is 0 Å². The fraction of sp³-hybridized carbons (Fsp3) is 0.500. The molecule has 20 heavy (non-hydrogen) atoms. The summed E-state index contributed by atoms with van der Waals surface area (Å²) in [5.41, 5.74) is 0.698. The number of amides is 1. The lowest BCUT2D eigenvalue weighted by molar-refractivity contribution is -0.129. The van der Waals surface area contributed by atoms with Gasteiger partial charge in [0.25, 0.3) is 0 Å². The number of aromatic hydroxyl groups is 1. The van der Waals surface area contributed by atoms with E-state index >= 15 is 0 Å². The van der Waals surface area contributed by atoms with E-state index in [9.17, 15) is 9.90 Å². The summed E-state index contributed by atoms with van der Waals surface area (Å²) in [4.78, 5) is 13.7. The fourth-order valence-corrected chi connectivity index (χ4v) is 2.50. The molecule has 0 saturated carbocycles. The van der Waals surface area contributed by atoms with Gasteiger partial charge < -0.3 is 24.8 Å². The number of nitrogens with zero attached hydrogens (tertiary/aromatic N) is 1. The third-order valence-electron chi connectivity index (χ3n) is 3.62. The van der Waals surface area contributed by atoms with Gasteiger partial charge in [-0.25, -0.2) is 0 Å². The van der Waals surface area contributed by atoms with Crippen LogP contribution in [0.1, 0.15) is 18.4 Å². The Morgan fingerprint density at radius 2 is 1.95 bits per heavy atom. The Morgan fingerprint density at radius 1 is 1.25 bits per heavy atom. The third kappa shape index (κ3) is 2.65. The molecule has 0 radical (unpaired) electrons. The number of carbonyl (C=O) groups excluding carboxylic acids is 1. The Kier molecular flexibility index (Phi) is 3.64. The molecule has 0 bridgehead atoms. The van der Waals surface area contributed by atoms with Crippen LogP contribution in [-0.4, -0.2) is 42.3 Å². The minimum atomic E-state index is 0.114. The van der Waals surface area contributed by atoms with E-state index in [0.717, 1.165) is 25.9 Å². The van der Waals surface area contributed by atoms with Crippen molar-refractivity contribution in [2.24, 2.45) is 0 Å². The molecular formula is C14H18N2O4. The SMILES string of the molecule is O=C(CNCc1cc2c(cc1O)OCO2)N1CCCC1. The molecule has 3 rings (SSSR count). The number of fused-ring (bicyclic) bond motifs is 1. The highest BCUT2D eigenvalue weighted by Crippen LogP contribution is 2.37. The average molecular weight is 278 g/mol. The number of likely N-dealkylation sites (tertiary alicyclic amines) is 1. The highest BCUT2D eigenvalue weighted by atomic mass is 16.7. The Morgan fingerprint density at radius 3 is 2.70 bits per heavy atom. The van der Waals surface area contributed by atoms with Gasteiger partial charge in [-0.05, 0) is 18.9 Å². The second-order valence-corrected chi connectivity index (χ2v) is 5.03. The molecule has 2 heterocycles. The van der Waals surface area contributed by atoms with Crippen LogP contribution in [0.5, 0.6) is 17.2 Å². The van der Waals surface area contributed by atoms with Crippen molar-refractivity contribution in [3.63, 3.8) is 0 Å². The van der Waals surface area contributed by atoms with Crippen LogP contribution in [-0.2, 0) is 11.3 Å². The molecule has 1 aromatic carbocycles. The highest BCUT2D eigenvalue weighted by Gasteiger charge is 2.19. The van der Waals surface area contributed by atoms with Crippen LogP contribution in [0.25, 0.3) is 0 Å². The summed E-state index contributed by atoms with van der Waals surface area (Å²) in [6.07, 6.45) is 2.18. The monoisotopic (exact) mass is 278 g/mol. The lowest BCUT2D eigenvalue weighted by Gasteiger charge is -2.15. The van der Waals surface area contributed by atoms with Crippen LogP contribution < -0.4 is 14.8 Å². The summed E-state index contributed by atoms with van der Waals surface area (Å²) in [6.45, 7) is 2.60. The second-order valence-electron chi connectivity index (χ2n) is 5.03. The van der Waals surface area contributed by atoms with Crippen LogP contribution in [0, 0.1) is 0 Å². The molecule has 108 valence electrons. The van der Waals surface area contributed by atoms with Gasteiger partial charge in [0.15, 0.2) is 11.5 Å². The minimum Gasteiger partial charge on any atom is -0.507 e. The smallest absolute Gasteiger partial charge is 0.236 e. The molecule has 6 nitrogen and oxygen atoms in total. The second kappa shape index (κ2) is 5.58. The van der Waals surface area contributed by atoms with Crippen molar-refractivity contribution in [1.29, 1.82) is 0 Å². The van der Waals surface area contributed by atoms with Gasteiger partial charge >= 0.3 is 0 Å². The number of carbonyl (C=O) groups is 1. The zero-order valence-corrected chi connectivity index (χ0v) is 11.2. The van der Waals surface area contributed by atoms with E-state index in [1.165, 1.54) is 0 Å². The first kappa shape index (κ1) is 13.1. The van der Waals surface area contributed by atoms with Crippen LogP contribution >= 0.6 is 0 Å². The Balaban J connectivity index is 1.54. The van der Waals surface area contributed by atoms with E-state index in [1.54, 1.807) is 12.1 Å². The summed E-state index contributed by atoms with van der Waals surface area (Å²) in [5, 5.41) is 12.9.